The second-order valence-corrected chi connectivity index (χ2v) is 8.37. The van der Waals surface area contributed by atoms with E-state index in [9.17, 15) is 9.59 Å². The third-order valence-corrected chi connectivity index (χ3v) is 6.16. The highest BCUT2D eigenvalue weighted by atomic mass is 16.5. The van der Waals surface area contributed by atoms with Gasteiger partial charge in [0.25, 0.3) is 5.91 Å². The fourth-order valence-electron chi connectivity index (χ4n) is 4.53. The Kier molecular flexibility index (Phi) is 5.31. The summed E-state index contributed by atoms with van der Waals surface area (Å²) in [6, 6.07) is 5.20. The Morgan fingerprint density at radius 3 is 2.75 bits per heavy atom. The van der Waals surface area contributed by atoms with Crippen LogP contribution < -0.4 is 5.32 Å². The number of likely N-dealkylation sites (tertiary alicyclic amines) is 1. The first-order valence-corrected chi connectivity index (χ1v) is 10.1. The van der Waals surface area contributed by atoms with Crippen molar-refractivity contribution < 1.29 is 14.3 Å². The van der Waals surface area contributed by atoms with Crippen molar-refractivity contribution in [3.8, 4) is 6.07 Å². The molecule has 0 radical (unpaired) electrons. The molecule has 0 spiro atoms. The van der Waals surface area contributed by atoms with Gasteiger partial charge in [-0.3, -0.25) is 9.59 Å². The van der Waals surface area contributed by atoms with Crippen LogP contribution in [0, 0.1) is 29.1 Å². The van der Waals surface area contributed by atoms with Crippen LogP contribution in [-0.4, -0.2) is 53.5 Å². The van der Waals surface area contributed by atoms with Gasteiger partial charge in [-0.15, -0.1) is 0 Å². The molecule has 148 valence electrons. The molecule has 0 bridgehead atoms. The van der Waals surface area contributed by atoms with Gasteiger partial charge in [0.05, 0.1) is 12.1 Å². The number of hydrogen-bond acceptors (Lipinski definition) is 5. The minimum Gasteiger partial charge on any atom is -0.376 e. The van der Waals surface area contributed by atoms with Crippen LogP contribution in [-0.2, 0) is 9.53 Å². The fourth-order valence-corrected chi connectivity index (χ4v) is 4.53. The van der Waals surface area contributed by atoms with Gasteiger partial charge in [-0.2, -0.15) is 5.26 Å². The molecule has 2 amide bonds. The molecule has 3 aliphatic rings. The summed E-state index contributed by atoms with van der Waals surface area (Å²) in [5, 5.41) is 12.1. The summed E-state index contributed by atoms with van der Waals surface area (Å²) in [5.74, 6) is 1.34. The number of ether oxygens (including phenoxy) is 1. The molecule has 1 aromatic heterocycles. The van der Waals surface area contributed by atoms with Gasteiger partial charge in [-0.25, -0.2) is 4.98 Å². The van der Waals surface area contributed by atoms with Gasteiger partial charge < -0.3 is 15.0 Å². The maximum Gasteiger partial charge on any atom is 0.254 e. The predicted octanol–water partition coefficient (Wildman–Crippen LogP) is 1.74. The second-order valence-electron chi connectivity index (χ2n) is 8.37. The van der Waals surface area contributed by atoms with Crippen LogP contribution in [0.4, 0.5) is 0 Å². The van der Waals surface area contributed by atoms with Crippen LogP contribution in [0.2, 0.25) is 0 Å². The number of nitriles is 1. The van der Waals surface area contributed by atoms with Crippen LogP contribution in [0.5, 0.6) is 0 Å². The van der Waals surface area contributed by atoms with Crippen LogP contribution in [0.25, 0.3) is 0 Å². The van der Waals surface area contributed by atoms with E-state index in [-0.39, 0.29) is 29.7 Å². The third kappa shape index (κ3) is 4.17. The second kappa shape index (κ2) is 7.88. The van der Waals surface area contributed by atoms with Crippen LogP contribution in [0.1, 0.15) is 48.7 Å². The highest BCUT2D eigenvalue weighted by Crippen LogP contribution is 2.39. The molecule has 2 heterocycles. The first-order valence-electron chi connectivity index (χ1n) is 10.1. The summed E-state index contributed by atoms with van der Waals surface area (Å²) in [6.07, 6.45) is 5.70. The Hall–Kier alpha value is -2.46. The number of pyridine rings is 1. The van der Waals surface area contributed by atoms with E-state index in [0.717, 1.165) is 19.4 Å². The molecule has 3 fully saturated rings. The van der Waals surface area contributed by atoms with Crippen molar-refractivity contribution in [2.75, 3.05) is 19.7 Å². The lowest BCUT2D eigenvalue weighted by atomic mass is 9.77. The number of amides is 2. The maximum absolute atomic E-state index is 12.9. The Morgan fingerprint density at radius 1 is 1.32 bits per heavy atom. The zero-order valence-electron chi connectivity index (χ0n) is 16.1. The van der Waals surface area contributed by atoms with Crippen LogP contribution in [0.3, 0.4) is 0 Å². The maximum atomic E-state index is 12.9. The van der Waals surface area contributed by atoms with Crippen molar-refractivity contribution in [1.82, 2.24) is 15.2 Å². The molecule has 0 aromatic carbocycles. The monoisotopic (exact) mass is 382 g/mol. The summed E-state index contributed by atoms with van der Waals surface area (Å²) in [6.45, 7) is 3.70. The minimum absolute atomic E-state index is 0.0127. The Bertz CT molecular complexity index is 801. The number of rotatable bonds is 5. The molecule has 7 heteroatoms. The fraction of sp³-hybridized carbons (Fsp3) is 0.619. The topological polar surface area (TPSA) is 95.3 Å². The number of carbonyl (C=O) groups excluding carboxylic acids is 2. The lowest BCUT2D eigenvalue weighted by Gasteiger charge is -2.38. The van der Waals surface area contributed by atoms with Crippen molar-refractivity contribution in [2.45, 2.75) is 44.8 Å². The van der Waals surface area contributed by atoms with Crippen molar-refractivity contribution in [3.63, 3.8) is 0 Å². The van der Waals surface area contributed by atoms with Crippen molar-refractivity contribution in [3.05, 3.63) is 29.6 Å². The van der Waals surface area contributed by atoms with Gasteiger partial charge in [0.2, 0.25) is 5.91 Å². The van der Waals surface area contributed by atoms with E-state index in [1.165, 1.54) is 19.0 Å². The molecular weight excluding hydrogens is 356 g/mol. The van der Waals surface area contributed by atoms with Gasteiger partial charge in [0, 0.05) is 38.4 Å². The van der Waals surface area contributed by atoms with Gasteiger partial charge in [-0.05, 0) is 55.6 Å². The van der Waals surface area contributed by atoms with Gasteiger partial charge >= 0.3 is 0 Å². The summed E-state index contributed by atoms with van der Waals surface area (Å²) in [5.41, 5.74) is 0.756. The van der Waals surface area contributed by atoms with E-state index in [1.807, 2.05) is 11.0 Å². The SMILES string of the molecule is CC(=O)N[C@@H]1C[C@@H]2CN(C(=O)c3ccnc(C#N)c3)C[C@@H]2C[C@H]1OCC1CC1. The third-order valence-electron chi connectivity index (χ3n) is 6.16. The molecule has 28 heavy (non-hydrogen) atoms. The normalized spacial score (nSPS) is 29.1. The predicted molar refractivity (Wildman–Crippen MR) is 101 cm³/mol. The molecule has 7 nitrogen and oxygen atoms in total. The summed E-state index contributed by atoms with van der Waals surface area (Å²) in [4.78, 5) is 30.4. The largest absolute Gasteiger partial charge is 0.376 e. The van der Waals surface area contributed by atoms with Crippen LogP contribution in [0.15, 0.2) is 18.3 Å². The molecule has 1 N–H and O–H groups in total. The summed E-state index contributed by atoms with van der Waals surface area (Å²) in [7, 11) is 0. The van der Waals surface area contributed by atoms with E-state index in [1.54, 1.807) is 19.1 Å². The van der Waals surface area contributed by atoms with Crippen molar-refractivity contribution in [1.29, 1.82) is 5.26 Å². The van der Waals surface area contributed by atoms with E-state index < -0.39 is 0 Å². The number of nitrogens with zero attached hydrogens (tertiary/aromatic N) is 3. The molecule has 4 atom stereocenters. The highest BCUT2D eigenvalue weighted by molar-refractivity contribution is 5.94. The quantitative estimate of drug-likeness (QED) is 0.837. The van der Waals surface area contributed by atoms with Gasteiger partial charge in [0.1, 0.15) is 11.8 Å². The number of nitrogens with one attached hydrogen (secondary N) is 1. The number of fused-ring (bicyclic) bond motifs is 1. The molecule has 0 unspecified atom stereocenters. The first-order chi connectivity index (χ1) is 13.5. The van der Waals surface area contributed by atoms with Crippen molar-refractivity contribution in [2.24, 2.45) is 17.8 Å². The molecule has 2 saturated carbocycles. The highest BCUT2D eigenvalue weighted by Gasteiger charge is 2.44. The number of carbonyl (C=O) groups is 2. The molecule has 2 aliphatic carbocycles. The van der Waals surface area contributed by atoms with Gasteiger partial charge in [0.15, 0.2) is 0 Å². The van der Waals surface area contributed by atoms with Crippen molar-refractivity contribution >= 4 is 11.8 Å². The lowest BCUT2D eigenvalue weighted by Crippen LogP contribution is -2.50. The van der Waals surface area contributed by atoms with Crippen LogP contribution >= 0.6 is 0 Å². The van der Waals surface area contributed by atoms with Gasteiger partial charge in [-0.1, -0.05) is 0 Å². The van der Waals surface area contributed by atoms with E-state index >= 15 is 0 Å². The zero-order chi connectivity index (χ0) is 19.7. The molecule has 1 saturated heterocycles. The van der Waals surface area contributed by atoms with E-state index in [0.29, 0.717) is 36.4 Å². The molecular formula is C21H26N4O3. The molecule has 1 aromatic rings. The van der Waals surface area contributed by atoms with E-state index in [4.69, 9.17) is 10.00 Å². The average Bonchev–Trinajstić information content (AvgIpc) is 3.43. The minimum atomic E-state index is -0.0557. The summed E-state index contributed by atoms with van der Waals surface area (Å²) >= 11 is 0. The number of hydrogen-bond donors (Lipinski definition) is 1. The summed E-state index contributed by atoms with van der Waals surface area (Å²) < 4.78 is 6.18. The lowest BCUT2D eigenvalue weighted by molar-refractivity contribution is -0.122. The Morgan fingerprint density at radius 2 is 2.07 bits per heavy atom. The average molecular weight is 382 g/mol. The number of aromatic nitrogens is 1. The standard InChI is InChI=1S/C21H26N4O3/c1-13(26)24-19-7-16-10-25(21(27)15-4-5-23-18(6-15)9-22)11-17(16)8-20(19)28-12-14-2-3-14/h4-6,14,16-17,19-20H,2-3,7-8,10-12H2,1H3,(H,24,26)/t16-,17+,19-,20-/m1/s1. The first kappa shape index (κ1) is 18.9. The smallest absolute Gasteiger partial charge is 0.254 e. The molecule has 4 rings (SSSR count). The molecule has 1 aliphatic heterocycles. The zero-order valence-corrected chi connectivity index (χ0v) is 16.1. The van der Waals surface area contributed by atoms with E-state index in [2.05, 4.69) is 10.3 Å². The Labute approximate surface area is 165 Å². The Balaban J connectivity index is 1.43.